The second kappa shape index (κ2) is 11.3. The van der Waals surface area contributed by atoms with Crippen molar-refractivity contribution in [3.05, 3.63) is 35.9 Å². The number of rotatable bonds is 8. The van der Waals surface area contributed by atoms with Gasteiger partial charge in [0.25, 0.3) is 0 Å². The molecule has 2 aliphatic rings. The Morgan fingerprint density at radius 3 is 2.35 bits per heavy atom. The van der Waals surface area contributed by atoms with Crippen LogP contribution in [0.5, 0.6) is 0 Å². The number of nitrogens with one attached hydrogen (secondary N) is 1. The maximum Gasteiger partial charge on any atom is 0.407 e. The summed E-state index contributed by atoms with van der Waals surface area (Å²) in [5.41, 5.74) is 0.715. The number of carboxylic acid groups (broad SMARTS) is 1. The van der Waals surface area contributed by atoms with Crippen LogP contribution >= 0.6 is 0 Å². The van der Waals surface area contributed by atoms with Gasteiger partial charge in [0, 0.05) is 37.0 Å². The molecule has 2 unspecified atom stereocenters. The van der Waals surface area contributed by atoms with Gasteiger partial charge in [-0.25, -0.2) is 4.79 Å². The van der Waals surface area contributed by atoms with Gasteiger partial charge < -0.3 is 15.3 Å². The summed E-state index contributed by atoms with van der Waals surface area (Å²) >= 11 is 0. The van der Waals surface area contributed by atoms with Crippen LogP contribution in [-0.2, 0) is 4.79 Å². The molecule has 0 bridgehead atoms. The zero-order valence-corrected chi connectivity index (χ0v) is 18.6. The predicted molar refractivity (Wildman–Crippen MR) is 120 cm³/mol. The summed E-state index contributed by atoms with van der Waals surface area (Å²) < 4.78 is 0. The van der Waals surface area contributed by atoms with Crippen LogP contribution in [0.15, 0.2) is 30.3 Å². The van der Waals surface area contributed by atoms with Crippen LogP contribution < -0.4 is 5.32 Å². The zero-order valence-electron chi connectivity index (χ0n) is 18.6. The highest BCUT2D eigenvalue weighted by Gasteiger charge is 2.33. The van der Waals surface area contributed by atoms with Gasteiger partial charge in [-0.05, 0) is 31.6 Å². The summed E-state index contributed by atoms with van der Waals surface area (Å²) in [6.45, 7) is 0.302. The van der Waals surface area contributed by atoms with Crippen molar-refractivity contribution in [3.8, 4) is 0 Å². The number of benzene rings is 1. The molecule has 31 heavy (non-hydrogen) atoms. The molecule has 6 heteroatoms. The summed E-state index contributed by atoms with van der Waals surface area (Å²) in [6.07, 6.45) is 8.89. The van der Waals surface area contributed by atoms with Crippen molar-refractivity contribution in [2.24, 2.45) is 17.8 Å². The summed E-state index contributed by atoms with van der Waals surface area (Å²) in [6, 6.07) is 9.14. The van der Waals surface area contributed by atoms with E-state index in [1.807, 2.05) is 30.3 Å². The average Bonchev–Trinajstić information content (AvgIpc) is 2.79. The molecule has 0 aliphatic heterocycles. The molecular formula is C25H36N2O4. The highest BCUT2D eigenvalue weighted by atomic mass is 16.4. The highest BCUT2D eigenvalue weighted by molar-refractivity contribution is 5.98. The molecule has 0 radical (unpaired) electrons. The molecule has 3 atom stereocenters. The third kappa shape index (κ3) is 6.81. The zero-order chi connectivity index (χ0) is 22.2. The van der Waals surface area contributed by atoms with Crippen molar-refractivity contribution >= 4 is 17.8 Å². The Balaban J connectivity index is 1.61. The molecule has 1 aromatic rings. The highest BCUT2D eigenvalue weighted by Crippen LogP contribution is 2.32. The first-order valence-electron chi connectivity index (χ1n) is 11.8. The number of carbonyl (C=O) groups is 3. The first kappa shape index (κ1) is 23.3. The van der Waals surface area contributed by atoms with Gasteiger partial charge in [-0.1, -0.05) is 68.9 Å². The lowest BCUT2D eigenvalue weighted by Gasteiger charge is -2.32. The molecule has 6 nitrogen and oxygen atoms in total. The third-order valence-electron chi connectivity index (χ3n) is 6.98. The van der Waals surface area contributed by atoms with E-state index in [1.54, 1.807) is 7.05 Å². The minimum Gasteiger partial charge on any atom is -0.465 e. The van der Waals surface area contributed by atoms with Gasteiger partial charge in [0.15, 0.2) is 5.78 Å². The topological polar surface area (TPSA) is 86.7 Å². The quantitative estimate of drug-likeness (QED) is 0.586. The molecule has 2 aliphatic carbocycles. The fourth-order valence-corrected chi connectivity index (χ4v) is 5.24. The summed E-state index contributed by atoms with van der Waals surface area (Å²) in [5, 5.41) is 12.5. The van der Waals surface area contributed by atoms with Gasteiger partial charge >= 0.3 is 6.09 Å². The molecule has 0 spiro atoms. The Morgan fingerprint density at radius 1 is 1.00 bits per heavy atom. The molecule has 2 N–H and O–H groups in total. The minimum atomic E-state index is -0.978. The van der Waals surface area contributed by atoms with Crippen molar-refractivity contribution in [2.75, 3.05) is 13.6 Å². The molecule has 2 fully saturated rings. The van der Waals surface area contributed by atoms with E-state index in [1.165, 1.54) is 24.2 Å². The van der Waals surface area contributed by atoms with Crippen molar-refractivity contribution in [1.82, 2.24) is 10.2 Å². The van der Waals surface area contributed by atoms with E-state index in [-0.39, 0.29) is 29.6 Å². The van der Waals surface area contributed by atoms with E-state index in [4.69, 9.17) is 0 Å². The molecule has 0 saturated heterocycles. The van der Waals surface area contributed by atoms with E-state index < -0.39 is 6.09 Å². The molecule has 2 saturated carbocycles. The van der Waals surface area contributed by atoms with Gasteiger partial charge in [0.05, 0.1) is 0 Å². The van der Waals surface area contributed by atoms with Crippen LogP contribution in [0.4, 0.5) is 4.79 Å². The van der Waals surface area contributed by atoms with E-state index in [0.717, 1.165) is 38.5 Å². The lowest BCUT2D eigenvalue weighted by Crippen LogP contribution is -2.47. The van der Waals surface area contributed by atoms with Gasteiger partial charge in [-0.2, -0.15) is 0 Å². The fraction of sp³-hybridized carbons (Fsp3) is 0.640. The van der Waals surface area contributed by atoms with Gasteiger partial charge in [-0.3, -0.25) is 9.59 Å². The first-order valence-corrected chi connectivity index (χ1v) is 11.8. The van der Waals surface area contributed by atoms with Crippen molar-refractivity contribution in [3.63, 3.8) is 0 Å². The average molecular weight is 429 g/mol. The molecule has 0 aromatic heterocycles. The molecule has 1 aromatic carbocycles. The fourth-order valence-electron chi connectivity index (χ4n) is 5.24. The second-order valence-corrected chi connectivity index (χ2v) is 9.40. The predicted octanol–water partition coefficient (Wildman–Crippen LogP) is 4.74. The van der Waals surface area contributed by atoms with Crippen molar-refractivity contribution < 1.29 is 19.5 Å². The monoisotopic (exact) mass is 428 g/mol. The SMILES string of the molecule is CN(C[C@@H](CC1CCCCC1)NC(=O)C1CCCC(C(=O)c2ccccc2)C1)C(=O)O. The first-order chi connectivity index (χ1) is 14.9. The molecule has 2 amide bonds. The summed E-state index contributed by atoms with van der Waals surface area (Å²) in [5.74, 6) is 0.341. The number of carbonyl (C=O) groups excluding carboxylic acids is 2. The Bertz CT molecular complexity index is 745. The van der Waals surface area contributed by atoms with Crippen LogP contribution in [0.1, 0.15) is 74.6 Å². The molecule has 3 rings (SSSR count). The Hall–Kier alpha value is -2.37. The number of hydrogen-bond acceptors (Lipinski definition) is 3. The van der Waals surface area contributed by atoms with Crippen molar-refractivity contribution in [2.45, 2.75) is 70.3 Å². The summed E-state index contributed by atoms with van der Waals surface area (Å²) in [7, 11) is 1.55. The van der Waals surface area contributed by atoms with Crippen LogP contribution in [0.25, 0.3) is 0 Å². The molecule has 0 heterocycles. The maximum absolute atomic E-state index is 13.1. The van der Waals surface area contributed by atoms with Crippen LogP contribution in [0.2, 0.25) is 0 Å². The van der Waals surface area contributed by atoms with E-state index >= 15 is 0 Å². The standard InChI is InChI=1S/C25H36N2O4/c1-27(25(30)31)17-22(15-18-9-4-2-5-10-18)26-24(29)21-14-8-13-20(16-21)23(28)19-11-6-3-7-12-19/h3,6-7,11-12,18,20-22H,2,4-5,8-10,13-17H2,1H3,(H,26,29)(H,30,31)/t20?,21?,22-/m1/s1. The van der Waals surface area contributed by atoms with E-state index in [9.17, 15) is 19.5 Å². The number of Topliss-reactive ketones (excluding diaryl/α,β-unsaturated/α-hetero) is 1. The second-order valence-electron chi connectivity index (χ2n) is 9.40. The smallest absolute Gasteiger partial charge is 0.407 e. The number of hydrogen-bond donors (Lipinski definition) is 2. The van der Waals surface area contributed by atoms with Crippen LogP contribution in [0.3, 0.4) is 0 Å². The Kier molecular flexibility index (Phi) is 8.50. The maximum atomic E-state index is 13.1. The van der Waals surface area contributed by atoms with Crippen LogP contribution in [-0.4, -0.2) is 47.4 Å². The normalized spacial score (nSPS) is 23.0. The number of amides is 2. The van der Waals surface area contributed by atoms with Gasteiger partial charge in [-0.15, -0.1) is 0 Å². The lowest BCUT2D eigenvalue weighted by atomic mass is 9.77. The largest absolute Gasteiger partial charge is 0.465 e. The van der Waals surface area contributed by atoms with E-state index in [0.29, 0.717) is 24.4 Å². The number of nitrogens with zero attached hydrogens (tertiary/aromatic N) is 1. The Labute approximate surface area is 185 Å². The molecular weight excluding hydrogens is 392 g/mol. The molecule has 170 valence electrons. The number of likely N-dealkylation sites (N-methyl/N-ethyl adjacent to an activating group) is 1. The van der Waals surface area contributed by atoms with Crippen molar-refractivity contribution in [1.29, 1.82) is 0 Å². The van der Waals surface area contributed by atoms with Gasteiger partial charge in [0.1, 0.15) is 0 Å². The summed E-state index contributed by atoms with van der Waals surface area (Å²) in [4.78, 5) is 38.6. The lowest BCUT2D eigenvalue weighted by molar-refractivity contribution is -0.127. The number of ketones is 1. The van der Waals surface area contributed by atoms with E-state index in [2.05, 4.69) is 5.32 Å². The van der Waals surface area contributed by atoms with Gasteiger partial charge in [0.2, 0.25) is 5.91 Å². The minimum absolute atomic E-state index is 0.0230. The van der Waals surface area contributed by atoms with Crippen LogP contribution in [0, 0.1) is 17.8 Å². The Morgan fingerprint density at radius 2 is 1.68 bits per heavy atom. The third-order valence-corrected chi connectivity index (χ3v) is 6.98.